The number of hydrogen-bond donors (Lipinski definition) is 1. The second-order valence-electron chi connectivity index (χ2n) is 5.22. The van der Waals surface area contributed by atoms with Crippen molar-refractivity contribution in [3.8, 4) is 17.0 Å². The molecule has 0 spiro atoms. The summed E-state index contributed by atoms with van der Waals surface area (Å²) in [6, 6.07) is 9.08. The van der Waals surface area contributed by atoms with E-state index in [2.05, 4.69) is 23.9 Å². The first kappa shape index (κ1) is 13.4. The highest BCUT2D eigenvalue weighted by Gasteiger charge is 2.14. The SMILES string of the molecule is COc1ccccc1-c1cc(=O)n2[nH]cc(C(C)C)c2n1. The number of para-hydroxylation sites is 1. The minimum atomic E-state index is -0.132. The number of hydrogen-bond acceptors (Lipinski definition) is 3. The largest absolute Gasteiger partial charge is 0.496 e. The van der Waals surface area contributed by atoms with E-state index >= 15 is 0 Å². The summed E-state index contributed by atoms with van der Waals surface area (Å²) in [4.78, 5) is 16.9. The van der Waals surface area contributed by atoms with Crippen molar-refractivity contribution in [1.29, 1.82) is 0 Å². The first-order valence-corrected chi connectivity index (χ1v) is 6.86. The number of methoxy groups -OCH3 is 1. The summed E-state index contributed by atoms with van der Waals surface area (Å²) in [5.74, 6) is 0.987. The van der Waals surface area contributed by atoms with Crippen LogP contribution in [0.3, 0.4) is 0 Å². The molecule has 0 unspecified atom stereocenters. The monoisotopic (exact) mass is 283 g/mol. The van der Waals surface area contributed by atoms with Crippen LogP contribution in [0.25, 0.3) is 16.9 Å². The van der Waals surface area contributed by atoms with Gasteiger partial charge in [-0.05, 0) is 18.1 Å². The van der Waals surface area contributed by atoms with Crippen molar-refractivity contribution in [2.24, 2.45) is 0 Å². The number of benzene rings is 1. The third-order valence-corrected chi connectivity index (χ3v) is 3.53. The fourth-order valence-corrected chi connectivity index (χ4v) is 2.42. The van der Waals surface area contributed by atoms with Crippen LogP contribution in [0.4, 0.5) is 0 Å². The number of aromatic nitrogens is 3. The first-order chi connectivity index (χ1) is 10.1. The Balaban J connectivity index is 2.29. The van der Waals surface area contributed by atoms with Crippen molar-refractivity contribution in [2.75, 3.05) is 7.11 Å². The van der Waals surface area contributed by atoms with Crippen molar-refractivity contribution in [1.82, 2.24) is 14.6 Å². The Kier molecular flexibility index (Phi) is 3.25. The molecule has 0 amide bonds. The van der Waals surface area contributed by atoms with Crippen molar-refractivity contribution in [3.63, 3.8) is 0 Å². The molecule has 5 nitrogen and oxygen atoms in total. The summed E-state index contributed by atoms with van der Waals surface area (Å²) in [6.07, 6.45) is 1.83. The highest BCUT2D eigenvalue weighted by Crippen LogP contribution is 2.28. The molecule has 3 rings (SSSR count). The van der Waals surface area contributed by atoms with Gasteiger partial charge in [-0.1, -0.05) is 26.0 Å². The van der Waals surface area contributed by atoms with Gasteiger partial charge in [0.2, 0.25) is 0 Å². The van der Waals surface area contributed by atoms with Crippen LogP contribution in [0, 0.1) is 0 Å². The fourth-order valence-electron chi connectivity index (χ4n) is 2.42. The lowest BCUT2D eigenvalue weighted by molar-refractivity contribution is 0.416. The highest BCUT2D eigenvalue weighted by molar-refractivity contribution is 5.69. The highest BCUT2D eigenvalue weighted by atomic mass is 16.5. The van der Waals surface area contributed by atoms with Crippen LogP contribution in [0.1, 0.15) is 25.3 Å². The van der Waals surface area contributed by atoms with E-state index in [0.717, 1.165) is 11.1 Å². The summed E-state index contributed by atoms with van der Waals surface area (Å²) in [5, 5.41) is 2.96. The Morgan fingerprint density at radius 2 is 2.05 bits per heavy atom. The van der Waals surface area contributed by atoms with Crippen molar-refractivity contribution in [3.05, 3.63) is 52.4 Å². The molecule has 108 valence electrons. The third kappa shape index (κ3) is 2.20. The van der Waals surface area contributed by atoms with E-state index in [4.69, 9.17) is 4.74 Å². The van der Waals surface area contributed by atoms with Crippen LogP contribution in [0.5, 0.6) is 5.75 Å². The standard InChI is InChI=1S/C16H17N3O2/c1-10(2)12-9-17-19-15(20)8-13(18-16(12)19)11-6-4-5-7-14(11)21-3/h4-10,17H,1-3H3. The van der Waals surface area contributed by atoms with Crippen LogP contribution in [0.15, 0.2) is 41.3 Å². The Morgan fingerprint density at radius 3 is 2.76 bits per heavy atom. The molecule has 5 heteroatoms. The second kappa shape index (κ2) is 5.09. The van der Waals surface area contributed by atoms with Gasteiger partial charge in [-0.25, -0.2) is 9.50 Å². The molecular formula is C16H17N3O2. The molecule has 0 saturated heterocycles. The van der Waals surface area contributed by atoms with Gasteiger partial charge in [-0.15, -0.1) is 0 Å². The quantitative estimate of drug-likeness (QED) is 0.804. The van der Waals surface area contributed by atoms with Gasteiger partial charge >= 0.3 is 0 Å². The molecule has 0 bridgehead atoms. The van der Waals surface area contributed by atoms with Crippen molar-refractivity contribution < 1.29 is 4.74 Å². The van der Waals surface area contributed by atoms with Crippen LogP contribution in [0.2, 0.25) is 0 Å². The van der Waals surface area contributed by atoms with Gasteiger partial charge in [0, 0.05) is 23.4 Å². The maximum Gasteiger partial charge on any atom is 0.273 e. The van der Waals surface area contributed by atoms with Crippen molar-refractivity contribution in [2.45, 2.75) is 19.8 Å². The van der Waals surface area contributed by atoms with E-state index in [-0.39, 0.29) is 11.5 Å². The van der Waals surface area contributed by atoms with Crippen LogP contribution >= 0.6 is 0 Å². The zero-order valence-electron chi connectivity index (χ0n) is 12.3. The van der Waals surface area contributed by atoms with E-state index in [1.54, 1.807) is 7.11 Å². The Labute approximate surface area is 122 Å². The summed E-state index contributed by atoms with van der Waals surface area (Å²) in [5.41, 5.74) is 2.99. The number of fused-ring (bicyclic) bond motifs is 1. The summed E-state index contributed by atoms with van der Waals surface area (Å²) < 4.78 is 6.82. The number of aromatic amines is 1. The average molecular weight is 283 g/mol. The van der Waals surface area contributed by atoms with E-state index in [9.17, 15) is 4.79 Å². The molecule has 0 radical (unpaired) electrons. The molecular weight excluding hydrogens is 266 g/mol. The van der Waals surface area contributed by atoms with E-state index in [0.29, 0.717) is 17.1 Å². The molecule has 1 N–H and O–H groups in total. The summed E-state index contributed by atoms with van der Waals surface area (Å²) in [6.45, 7) is 4.15. The van der Waals surface area contributed by atoms with Crippen molar-refractivity contribution >= 4 is 5.65 Å². The zero-order chi connectivity index (χ0) is 15.0. The average Bonchev–Trinajstić information content (AvgIpc) is 2.91. The molecule has 3 aromatic rings. The summed E-state index contributed by atoms with van der Waals surface area (Å²) in [7, 11) is 1.61. The first-order valence-electron chi connectivity index (χ1n) is 6.86. The molecule has 1 aromatic carbocycles. The van der Waals surface area contributed by atoms with Gasteiger partial charge in [-0.2, -0.15) is 0 Å². The van der Waals surface area contributed by atoms with E-state index in [1.807, 2.05) is 30.5 Å². The minimum Gasteiger partial charge on any atom is -0.496 e. The van der Waals surface area contributed by atoms with Gasteiger partial charge in [-0.3, -0.25) is 9.89 Å². The topological polar surface area (TPSA) is 59.4 Å². The maximum absolute atomic E-state index is 12.3. The minimum absolute atomic E-state index is 0.132. The lowest BCUT2D eigenvalue weighted by atomic mass is 10.1. The van der Waals surface area contributed by atoms with Gasteiger partial charge in [0.1, 0.15) is 5.75 Å². The van der Waals surface area contributed by atoms with Gasteiger partial charge in [0.15, 0.2) is 5.65 Å². The number of rotatable bonds is 3. The Bertz CT molecular complexity index is 846. The molecule has 0 aliphatic heterocycles. The molecule has 0 saturated carbocycles. The molecule has 2 aromatic heterocycles. The number of nitrogens with one attached hydrogen (secondary N) is 1. The predicted molar refractivity (Wildman–Crippen MR) is 81.9 cm³/mol. The van der Waals surface area contributed by atoms with Crippen LogP contribution < -0.4 is 10.3 Å². The second-order valence-corrected chi connectivity index (χ2v) is 5.22. The lowest BCUT2D eigenvalue weighted by Gasteiger charge is -2.08. The van der Waals surface area contributed by atoms with Gasteiger partial charge < -0.3 is 4.74 Å². The van der Waals surface area contributed by atoms with Crippen LogP contribution in [-0.4, -0.2) is 21.7 Å². The molecule has 0 fully saturated rings. The number of ether oxygens (including phenoxy) is 1. The molecule has 0 aliphatic carbocycles. The normalized spacial score (nSPS) is 11.2. The molecule has 21 heavy (non-hydrogen) atoms. The number of nitrogens with zero attached hydrogens (tertiary/aromatic N) is 2. The predicted octanol–water partition coefficient (Wildman–Crippen LogP) is 2.82. The molecule has 0 aliphatic rings. The summed E-state index contributed by atoms with van der Waals surface area (Å²) >= 11 is 0. The van der Waals surface area contributed by atoms with E-state index < -0.39 is 0 Å². The zero-order valence-corrected chi connectivity index (χ0v) is 12.3. The Hall–Kier alpha value is -2.56. The number of H-pyrrole nitrogens is 1. The smallest absolute Gasteiger partial charge is 0.273 e. The fraction of sp³-hybridized carbons (Fsp3) is 0.250. The molecule has 2 heterocycles. The maximum atomic E-state index is 12.3. The van der Waals surface area contributed by atoms with Gasteiger partial charge in [0.05, 0.1) is 12.8 Å². The Morgan fingerprint density at radius 1 is 1.29 bits per heavy atom. The van der Waals surface area contributed by atoms with Gasteiger partial charge in [0.25, 0.3) is 5.56 Å². The lowest BCUT2D eigenvalue weighted by Crippen LogP contribution is -2.14. The van der Waals surface area contributed by atoms with Crippen LogP contribution in [-0.2, 0) is 0 Å². The third-order valence-electron chi connectivity index (χ3n) is 3.53. The molecule has 0 atom stereocenters. The van der Waals surface area contributed by atoms with E-state index in [1.165, 1.54) is 10.6 Å².